The van der Waals surface area contributed by atoms with Crippen molar-refractivity contribution >= 4 is 57.8 Å². The Hall–Kier alpha value is -0.690. The van der Waals surface area contributed by atoms with Crippen LogP contribution in [0.3, 0.4) is 0 Å². The topological polar surface area (TPSA) is 20.3 Å². The molecule has 6 heteroatoms. The minimum atomic E-state index is 0.117. The first-order chi connectivity index (χ1) is 11.7. The SMILES string of the molecule is CC(=O)N1CC(C(C)[S+]2C=CSC2=C2SC=CS2)c2ccccc21. The molecule has 0 saturated heterocycles. The summed E-state index contributed by atoms with van der Waals surface area (Å²) in [7, 11) is 0.117. The average Bonchev–Trinajstić information content (AvgIpc) is 3.31. The molecule has 3 unspecified atom stereocenters. The number of anilines is 1. The van der Waals surface area contributed by atoms with Crippen molar-refractivity contribution in [2.75, 3.05) is 11.4 Å². The fourth-order valence-corrected chi connectivity index (χ4v) is 9.85. The molecule has 1 aromatic carbocycles. The van der Waals surface area contributed by atoms with Crippen molar-refractivity contribution in [3.8, 4) is 0 Å². The summed E-state index contributed by atoms with van der Waals surface area (Å²) in [5.41, 5.74) is 2.42. The summed E-state index contributed by atoms with van der Waals surface area (Å²) >= 11 is 5.55. The highest BCUT2D eigenvalue weighted by Gasteiger charge is 2.45. The molecular weight excluding hydrogens is 374 g/mol. The van der Waals surface area contributed by atoms with Crippen LogP contribution in [-0.2, 0) is 15.7 Å². The molecule has 1 aromatic rings. The smallest absolute Gasteiger partial charge is 0.223 e. The molecule has 0 N–H and O–H groups in total. The van der Waals surface area contributed by atoms with Gasteiger partial charge in [-0.05, 0) is 41.1 Å². The maximum atomic E-state index is 12.1. The van der Waals surface area contributed by atoms with Crippen LogP contribution < -0.4 is 4.90 Å². The van der Waals surface area contributed by atoms with Crippen LogP contribution in [-0.4, -0.2) is 17.7 Å². The van der Waals surface area contributed by atoms with Crippen LogP contribution in [0.2, 0.25) is 0 Å². The Labute approximate surface area is 158 Å². The summed E-state index contributed by atoms with van der Waals surface area (Å²) < 4.78 is 2.93. The summed E-state index contributed by atoms with van der Waals surface area (Å²) in [5, 5.41) is 9.44. The number of carbonyl (C=O) groups excluding carboxylic acids is 1. The highest BCUT2D eigenvalue weighted by molar-refractivity contribution is 8.32. The van der Waals surface area contributed by atoms with Crippen molar-refractivity contribution in [3.63, 3.8) is 0 Å². The Balaban J connectivity index is 1.65. The quantitative estimate of drug-likeness (QED) is 0.624. The van der Waals surface area contributed by atoms with Crippen LogP contribution in [0.25, 0.3) is 0 Å². The third-order valence-electron chi connectivity index (χ3n) is 4.52. The van der Waals surface area contributed by atoms with Crippen molar-refractivity contribution in [1.82, 2.24) is 0 Å². The number of para-hydroxylation sites is 1. The summed E-state index contributed by atoms with van der Waals surface area (Å²) in [6, 6.07) is 8.40. The van der Waals surface area contributed by atoms with Gasteiger partial charge in [0.1, 0.15) is 14.9 Å². The molecule has 3 aliphatic rings. The second-order valence-corrected chi connectivity index (χ2v) is 11.3. The standard InChI is InChI=1S/C18H18NOS4/c1-12(24-10-9-23-18(24)17-21-7-8-22-17)15-11-19(13(2)20)16-6-4-3-5-14(15)16/h3-10,12,15H,11H2,1-2H3/q+1. The van der Waals surface area contributed by atoms with E-state index in [4.69, 9.17) is 0 Å². The van der Waals surface area contributed by atoms with Gasteiger partial charge in [0.15, 0.2) is 0 Å². The van der Waals surface area contributed by atoms with Gasteiger partial charge in [-0.25, -0.2) is 0 Å². The minimum Gasteiger partial charge on any atom is -0.312 e. The van der Waals surface area contributed by atoms with Gasteiger partial charge in [0.05, 0.1) is 16.8 Å². The fraction of sp³-hybridized carbons (Fsp3) is 0.278. The molecule has 4 rings (SSSR count). The predicted molar refractivity (Wildman–Crippen MR) is 112 cm³/mol. The van der Waals surface area contributed by atoms with E-state index in [1.807, 2.05) is 46.3 Å². The van der Waals surface area contributed by atoms with Crippen molar-refractivity contribution in [2.24, 2.45) is 0 Å². The van der Waals surface area contributed by atoms with Crippen LogP contribution in [0.4, 0.5) is 5.69 Å². The van der Waals surface area contributed by atoms with E-state index in [1.165, 1.54) is 14.0 Å². The number of rotatable bonds is 2. The van der Waals surface area contributed by atoms with Crippen LogP contribution in [0.5, 0.6) is 0 Å². The molecule has 0 aromatic heterocycles. The normalized spacial score (nSPS) is 26.3. The Kier molecular flexibility index (Phi) is 4.82. The number of amides is 1. The summed E-state index contributed by atoms with van der Waals surface area (Å²) in [6.07, 6.45) is 0. The molecule has 3 heterocycles. The zero-order valence-electron chi connectivity index (χ0n) is 13.5. The first-order valence-electron chi connectivity index (χ1n) is 7.81. The highest BCUT2D eigenvalue weighted by atomic mass is 32.2. The molecule has 0 fully saturated rings. The number of carbonyl (C=O) groups is 1. The van der Waals surface area contributed by atoms with Gasteiger partial charge in [0, 0.05) is 24.6 Å². The number of fused-ring (bicyclic) bond motifs is 1. The molecule has 0 bridgehead atoms. The maximum Gasteiger partial charge on any atom is 0.223 e. The van der Waals surface area contributed by atoms with Crippen LogP contribution in [0.15, 0.2) is 54.4 Å². The molecule has 0 spiro atoms. The maximum absolute atomic E-state index is 12.1. The van der Waals surface area contributed by atoms with Crippen molar-refractivity contribution in [3.05, 3.63) is 59.9 Å². The minimum absolute atomic E-state index is 0.117. The van der Waals surface area contributed by atoms with Crippen molar-refractivity contribution in [2.45, 2.75) is 25.0 Å². The zero-order valence-corrected chi connectivity index (χ0v) is 16.7. The Morgan fingerprint density at radius 2 is 1.96 bits per heavy atom. The summed E-state index contributed by atoms with van der Waals surface area (Å²) in [4.78, 5) is 14.0. The van der Waals surface area contributed by atoms with Gasteiger partial charge in [-0.3, -0.25) is 4.79 Å². The number of benzene rings is 1. The van der Waals surface area contributed by atoms with Gasteiger partial charge in [-0.2, -0.15) is 0 Å². The van der Waals surface area contributed by atoms with Gasteiger partial charge in [-0.1, -0.05) is 41.7 Å². The van der Waals surface area contributed by atoms with Gasteiger partial charge in [0.2, 0.25) is 10.1 Å². The largest absolute Gasteiger partial charge is 0.312 e. The summed E-state index contributed by atoms with van der Waals surface area (Å²) in [6.45, 7) is 4.82. The number of thioether (sulfide) groups is 3. The van der Waals surface area contributed by atoms with E-state index in [2.05, 4.69) is 46.8 Å². The van der Waals surface area contributed by atoms with E-state index < -0.39 is 0 Å². The lowest BCUT2D eigenvalue weighted by Crippen LogP contribution is -2.31. The lowest BCUT2D eigenvalue weighted by atomic mass is 9.98. The lowest BCUT2D eigenvalue weighted by Gasteiger charge is -2.19. The predicted octanol–water partition coefficient (Wildman–Crippen LogP) is 5.44. The molecule has 2 nitrogen and oxygen atoms in total. The van der Waals surface area contributed by atoms with Gasteiger partial charge in [-0.15, -0.1) is 0 Å². The highest BCUT2D eigenvalue weighted by Crippen LogP contribution is 2.52. The molecule has 0 radical (unpaired) electrons. The Morgan fingerprint density at radius 3 is 2.71 bits per heavy atom. The van der Waals surface area contributed by atoms with E-state index in [1.54, 1.807) is 6.92 Å². The van der Waals surface area contributed by atoms with E-state index >= 15 is 0 Å². The van der Waals surface area contributed by atoms with Crippen molar-refractivity contribution < 1.29 is 4.79 Å². The third-order valence-corrected chi connectivity index (χ3v) is 11.1. The molecule has 124 valence electrons. The Bertz CT molecular complexity index is 760. The first kappa shape index (κ1) is 16.8. The molecule has 1 amide bonds. The van der Waals surface area contributed by atoms with E-state index in [0.29, 0.717) is 11.2 Å². The van der Waals surface area contributed by atoms with Gasteiger partial charge in [0.25, 0.3) is 0 Å². The van der Waals surface area contributed by atoms with Gasteiger partial charge < -0.3 is 4.90 Å². The molecule has 0 aliphatic carbocycles. The average molecular weight is 393 g/mol. The first-order valence-corrected chi connectivity index (χ1v) is 11.8. The zero-order chi connectivity index (χ0) is 16.7. The molecule has 3 atom stereocenters. The Morgan fingerprint density at radius 1 is 1.21 bits per heavy atom. The van der Waals surface area contributed by atoms with Crippen LogP contribution >= 0.6 is 35.3 Å². The van der Waals surface area contributed by atoms with E-state index in [-0.39, 0.29) is 16.8 Å². The second kappa shape index (κ2) is 6.90. The molecule has 24 heavy (non-hydrogen) atoms. The monoisotopic (exact) mass is 392 g/mol. The molecule has 3 aliphatic heterocycles. The van der Waals surface area contributed by atoms with E-state index in [9.17, 15) is 4.79 Å². The molecular formula is C18H18NOS4+. The van der Waals surface area contributed by atoms with Crippen molar-refractivity contribution in [1.29, 1.82) is 0 Å². The van der Waals surface area contributed by atoms with Crippen LogP contribution in [0.1, 0.15) is 25.3 Å². The number of hydrogen-bond acceptors (Lipinski definition) is 4. The van der Waals surface area contributed by atoms with Gasteiger partial charge >= 0.3 is 0 Å². The van der Waals surface area contributed by atoms with Crippen LogP contribution in [0, 0.1) is 0 Å². The number of hydrogen-bond donors (Lipinski definition) is 0. The fourth-order valence-electron chi connectivity index (χ4n) is 3.32. The molecule has 0 saturated carbocycles. The lowest BCUT2D eigenvalue weighted by molar-refractivity contribution is -0.116. The van der Waals surface area contributed by atoms with E-state index in [0.717, 1.165) is 12.2 Å². The second-order valence-electron chi connectivity index (χ2n) is 5.84. The number of nitrogens with zero attached hydrogens (tertiary/aromatic N) is 1. The summed E-state index contributed by atoms with van der Waals surface area (Å²) in [5.74, 6) is 0.540. The third kappa shape index (κ3) is 2.87.